The summed E-state index contributed by atoms with van der Waals surface area (Å²) >= 11 is 2.20. The predicted octanol–water partition coefficient (Wildman–Crippen LogP) is 8.97. The first-order valence-corrected chi connectivity index (χ1v) is 14.7. The van der Waals surface area contributed by atoms with Crippen LogP contribution in [-0.2, 0) is 26.9 Å². The summed E-state index contributed by atoms with van der Waals surface area (Å²) in [5.41, 5.74) is 5.83. The van der Waals surface area contributed by atoms with Crippen LogP contribution >= 0.6 is 0 Å². The van der Waals surface area contributed by atoms with Crippen LogP contribution in [0.1, 0.15) is 91.2 Å². The Hall–Kier alpha value is -0.966. The Balaban J connectivity index is 0.000000478. The third-order valence-electron chi connectivity index (χ3n) is 5.14. The molecule has 0 aromatic heterocycles. The van der Waals surface area contributed by atoms with Gasteiger partial charge in [0.15, 0.2) is 0 Å². The van der Waals surface area contributed by atoms with Gasteiger partial charge in [0.2, 0.25) is 0 Å². The molecule has 0 saturated heterocycles. The molecule has 194 valence electrons. The summed E-state index contributed by atoms with van der Waals surface area (Å²) in [5, 5.41) is 12.6. The van der Waals surface area contributed by atoms with Crippen molar-refractivity contribution in [2.45, 2.75) is 86.5 Å². The maximum absolute atomic E-state index is 4.21. The van der Waals surface area contributed by atoms with Crippen molar-refractivity contribution < 1.29 is 20.4 Å². The summed E-state index contributed by atoms with van der Waals surface area (Å²) < 4.78 is 1.42. The zero-order chi connectivity index (χ0) is 26.2. The van der Waals surface area contributed by atoms with Crippen LogP contribution in [0.15, 0.2) is 42.5 Å². The molecule has 0 fully saturated rings. The fourth-order valence-corrected chi connectivity index (χ4v) is 3.94. The molecule has 0 atom stereocenters. The monoisotopic (exact) mass is 513 g/mol. The number of rotatable bonds is 12. The Morgan fingerprint density at radius 1 is 0.543 bits per heavy atom. The van der Waals surface area contributed by atoms with E-state index in [9.17, 15) is 0 Å². The molecule has 35 heavy (non-hydrogen) atoms. The first-order valence-electron chi connectivity index (χ1n) is 13.9. The third-order valence-corrected chi connectivity index (χ3v) is 5.87. The summed E-state index contributed by atoms with van der Waals surface area (Å²) in [6, 6.07) is 15.3. The normalized spacial score (nSPS) is 10.6. The van der Waals surface area contributed by atoms with Gasteiger partial charge in [-0.15, -0.1) is 39.3 Å². The van der Waals surface area contributed by atoms with E-state index in [1.807, 2.05) is 0 Å². The number of benzene rings is 2. The van der Waals surface area contributed by atoms with Crippen molar-refractivity contribution in [1.82, 2.24) is 0 Å². The quantitative estimate of drug-likeness (QED) is 0.171. The molecule has 1 aliphatic carbocycles. The summed E-state index contributed by atoms with van der Waals surface area (Å²) in [6.45, 7) is 19.2. The van der Waals surface area contributed by atoms with Gasteiger partial charge in [0, 0.05) is 0 Å². The first-order chi connectivity index (χ1) is 17.1. The van der Waals surface area contributed by atoms with E-state index >= 15 is 0 Å². The number of hydrogen-bond acceptors (Lipinski definition) is 0. The topological polar surface area (TPSA) is 42.3 Å². The van der Waals surface area contributed by atoms with Crippen molar-refractivity contribution in [2.24, 2.45) is 0 Å². The average molecular weight is 514 g/mol. The van der Waals surface area contributed by atoms with Crippen LogP contribution in [0.2, 0.25) is 0 Å². The molecule has 0 N–H and O–H groups in total. The number of nitrogens with zero attached hydrogens (tertiary/aromatic N) is 3. The maximum atomic E-state index is 4.21. The van der Waals surface area contributed by atoms with Crippen molar-refractivity contribution in [3.63, 3.8) is 0 Å². The van der Waals surface area contributed by atoms with E-state index < -0.39 is 0 Å². The number of hydrogen-bond donors (Lipinski definition) is 0. The molecule has 0 radical (unpaired) electrons. The standard InChI is InChI=1S/C13H9.3C6H14N.Ti/c1-3-7-12-10(5-1)9-11-6-2-4-8-13(11)12;3*1-3-5-7-6-4-2;/h1-5,7-8H,9H2;3*3-6H2,1-2H3;/q;3*-1;+3. The second-order valence-corrected chi connectivity index (χ2v) is 9.52. The van der Waals surface area contributed by atoms with Crippen LogP contribution in [0.4, 0.5) is 0 Å². The van der Waals surface area contributed by atoms with Crippen molar-refractivity contribution in [3.05, 3.63) is 69.5 Å². The molecule has 0 amide bonds. The Morgan fingerprint density at radius 2 is 0.943 bits per heavy atom. The number of fused-ring (bicyclic) bond motifs is 3. The average Bonchev–Trinajstić information content (AvgIpc) is 3.27. The van der Waals surface area contributed by atoms with E-state index in [2.05, 4.69) is 120 Å². The van der Waals surface area contributed by atoms with E-state index in [0.717, 1.165) is 45.7 Å². The van der Waals surface area contributed by atoms with Crippen molar-refractivity contribution in [3.8, 4) is 11.1 Å². The second kappa shape index (κ2) is 24.7. The third kappa shape index (κ3) is 16.4. The molecule has 2 aromatic rings. The molecular formula is C31H51N3Ti. The SMILES string of the molecule is CCC[N-]CCC.CCC[N-]CCC.CCC[N-]CCC.[Ti+3][c]1cccc2c1Cc1ccccc1-2. The summed E-state index contributed by atoms with van der Waals surface area (Å²) in [6.07, 6.45) is 8.28. The molecular weight excluding hydrogens is 462 g/mol. The fourth-order valence-electron chi connectivity index (χ4n) is 3.44. The molecule has 3 rings (SSSR count). The van der Waals surface area contributed by atoms with E-state index in [4.69, 9.17) is 0 Å². The van der Waals surface area contributed by atoms with E-state index in [0.29, 0.717) is 0 Å². The summed E-state index contributed by atoms with van der Waals surface area (Å²) in [7, 11) is 0. The van der Waals surface area contributed by atoms with E-state index in [-0.39, 0.29) is 0 Å². The van der Waals surface area contributed by atoms with Crippen molar-refractivity contribution in [2.75, 3.05) is 39.3 Å². The Labute approximate surface area is 230 Å². The van der Waals surface area contributed by atoms with Crippen LogP contribution in [0.3, 0.4) is 0 Å². The molecule has 0 heterocycles. The van der Waals surface area contributed by atoms with Gasteiger partial charge in [0.1, 0.15) is 0 Å². The molecule has 0 aliphatic heterocycles. The fraction of sp³-hybridized carbons (Fsp3) is 0.613. The predicted molar refractivity (Wildman–Crippen MR) is 155 cm³/mol. The molecule has 1 aliphatic rings. The Bertz CT molecular complexity index is 697. The Morgan fingerprint density at radius 3 is 1.37 bits per heavy atom. The van der Waals surface area contributed by atoms with Gasteiger partial charge in [-0.2, -0.15) is 0 Å². The van der Waals surface area contributed by atoms with Gasteiger partial charge in [-0.25, -0.2) is 0 Å². The molecule has 0 saturated carbocycles. The molecule has 4 heteroatoms. The van der Waals surface area contributed by atoms with Crippen LogP contribution in [-0.4, -0.2) is 39.3 Å². The Kier molecular flexibility index (Phi) is 24.0. The van der Waals surface area contributed by atoms with E-state index in [1.54, 1.807) is 0 Å². The van der Waals surface area contributed by atoms with Gasteiger partial charge in [-0.3, -0.25) is 0 Å². The van der Waals surface area contributed by atoms with Gasteiger partial charge >= 0.3 is 95.4 Å². The van der Waals surface area contributed by atoms with Gasteiger partial charge in [0.25, 0.3) is 0 Å². The summed E-state index contributed by atoms with van der Waals surface area (Å²) in [5.74, 6) is 0. The van der Waals surface area contributed by atoms with Crippen LogP contribution in [0, 0.1) is 0 Å². The second-order valence-electron chi connectivity index (χ2n) is 8.68. The first kappa shape index (κ1) is 34.0. The molecule has 3 nitrogen and oxygen atoms in total. The van der Waals surface area contributed by atoms with Gasteiger partial charge in [0.05, 0.1) is 0 Å². The van der Waals surface area contributed by atoms with Crippen LogP contribution in [0.5, 0.6) is 0 Å². The van der Waals surface area contributed by atoms with Gasteiger partial charge in [-0.05, 0) is 0 Å². The zero-order valence-electron chi connectivity index (χ0n) is 23.6. The van der Waals surface area contributed by atoms with Crippen molar-refractivity contribution in [1.29, 1.82) is 0 Å². The molecule has 0 bridgehead atoms. The van der Waals surface area contributed by atoms with E-state index in [1.165, 1.54) is 64.6 Å². The zero-order valence-corrected chi connectivity index (χ0v) is 25.1. The molecule has 0 unspecified atom stereocenters. The minimum absolute atomic E-state index is 1.05. The minimum atomic E-state index is 1.05. The van der Waals surface area contributed by atoms with Crippen LogP contribution < -0.4 is 3.87 Å². The van der Waals surface area contributed by atoms with Crippen LogP contribution in [0.25, 0.3) is 27.1 Å². The summed E-state index contributed by atoms with van der Waals surface area (Å²) in [4.78, 5) is 0. The van der Waals surface area contributed by atoms with Gasteiger partial charge < -0.3 is 16.0 Å². The van der Waals surface area contributed by atoms with Crippen molar-refractivity contribution >= 4 is 3.87 Å². The molecule has 0 spiro atoms. The molecule has 2 aromatic carbocycles. The van der Waals surface area contributed by atoms with Gasteiger partial charge in [-0.1, -0.05) is 80.1 Å².